The first-order chi connectivity index (χ1) is 6.61. The molecular formula is C10H9BrF2O. The minimum atomic E-state index is -0.980. The van der Waals surface area contributed by atoms with Crippen LogP contribution in [0.25, 0.3) is 5.57 Å². The molecule has 0 bridgehead atoms. The van der Waals surface area contributed by atoms with Crippen LogP contribution in [-0.4, -0.2) is 12.4 Å². The van der Waals surface area contributed by atoms with E-state index in [1.807, 2.05) is 0 Å². The van der Waals surface area contributed by atoms with Gasteiger partial charge in [-0.2, -0.15) is 4.39 Å². The number of hydrogen-bond donors (Lipinski definition) is 0. The van der Waals surface area contributed by atoms with E-state index in [-0.39, 0.29) is 5.75 Å². The summed E-state index contributed by atoms with van der Waals surface area (Å²) in [6.07, 6.45) is 0. The van der Waals surface area contributed by atoms with Gasteiger partial charge in [-0.15, -0.1) is 0 Å². The second-order valence-electron chi connectivity index (χ2n) is 2.68. The molecule has 0 saturated carbocycles. The molecule has 1 aromatic rings. The van der Waals surface area contributed by atoms with Gasteiger partial charge in [0.1, 0.15) is 0 Å². The van der Waals surface area contributed by atoms with Crippen LogP contribution in [0, 0.1) is 11.6 Å². The lowest BCUT2D eigenvalue weighted by atomic mass is 10.1. The van der Waals surface area contributed by atoms with Crippen molar-refractivity contribution in [2.24, 2.45) is 0 Å². The van der Waals surface area contributed by atoms with Gasteiger partial charge in [0.2, 0.25) is 5.82 Å². The normalized spacial score (nSPS) is 10.0. The molecule has 1 aromatic carbocycles. The van der Waals surface area contributed by atoms with Gasteiger partial charge >= 0.3 is 0 Å². The summed E-state index contributed by atoms with van der Waals surface area (Å²) in [6.45, 7) is 3.71. The van der Waals surface area contributed by atoms with Gasteiger partial charge < -0.3 is 4.74 Å². The number of ether oxygens (including phenoxy) is 1. The Balaban J connectivity index is 3.31. The monoisotopic (exact) mass is 262 g/mol. The Labute approximate surface area is 89.5 Å². The molecule has 0 aliphatic rings. The number of allylic oxidation sites excluding steroid dienone is 1. The second-order valence-corrected chi connectivity index (χ2v) is 3.24. The highest BCUT2D eigenvalue weighted by Gasteiger charge is 2.15. The summed E-state index contributed by atoms with van der Waals surface area (Å²) >= 11 is 3.19. The topological polar surface area (TPSA) is 9.23 Å². The quantitative estimate of drug-likeness (QED) is 0.759. The molecule has 0 saturated heterocycles. The molecule has 76 valence electrons. The lowest BCUT2D eigenvalue weighted by Gasteiger charge is -2.10. The molecule has 0 aliphatic heterocycles. The van der Waals surface area contributed by atoms with Gasteiger partial charge in [0.15, 0.2) is 11.6 Å². The Kier molecular flexibility index (Phi) is 3.63. The molecule has 0 N–H and O–H groups in total. The predicted molar refractivity (Wildman–Crippen MR) is 55.7 cm³/mol. The highest BCUT2D eigenvalue weighted by Crippen LogP contribution is 2.30. The molecule has 0 spiro atoms. The molecule has 0 amide bonds. The van der Waals surface area contributed by atoms with E-state index in [0.29, 0.717) is 16.5 Å². The van der Waals surface area contributed by atoms with E-state index < -0.39 is 11.6 Å². The average Bonchev–Trinajstić information content (AvgIpc) is 2.20. The van der Waals surface area contributed by atoms with Gasteiger partial charge in [-0.1, -0.05) is 22.5 Å². The summed E-state index contributed by atoms with van der Waals surface area (Å²) in [5, 5.41) is 0.481. The molecule has 1 rings (SSSR count). The van der Waals surface area contributed by atoms with Crippen LogP contribution in [0.1, 0.15) is 5.56 Å². The number of halogens is 3. The van der Waals surface area contributed by atoms with Gasteiger partial charge in [0, 0.05) is 10.9 Å². The van der Waals surface area contributed by atoms with E-state index in [4.69, 9.17) is 4.74 Å². The van der Waals surface area contributed by atoms with Crippen LogP contribution in [0.2, 0.25) is 0 Å². The van der Waals surface area contributed by atoms with Gasteiger partial charge in [-0.3, -0.25) is 0 Å². The maximum absolute atomic E-state index is 13.2. The highest BCUT2D eigenvalue weighted by atomic mass is 79.9. The van der Waals surface area contributed by atoms with Gasteiger partial charge in [-0.25, -0.2) is 4.39 Å². The first-order valence-corrected chi connectivity index (χ1v) is 5.00. The summed E-state index contributed by atoms with van der Waals surface area (Å²) in [5.74, 6) is -2.01. The van der Waals surface area contributed by atoms with E-state index in [1.54, 1.807) is 0 Å². The van der Waals surface area contributed by atoms with Crippen molar-refractivity contribution < 1.29 is 13.5 Å². The smallest absolute Gasteiger partial charge is 0.201 e. The number of hydrogen-bond acceptors (Lipinski definition) is 1. The standard InChI is InChI=1S/C10H9BrF2O/c1-6(5-11)7-3-4-8(12)9(13)10(7)14-2/h3-4H,1,5H2,2H3. The molecule has 0 unspecified atom stereocenters. The summed E-state index contributed by atoms with van der Waals surface area (Å²) in [5.41, 5.74) is 1.11. The largest absolute Gasteiger partial charge is 0.493 e. The van der Waals surface area contributed by atoms with E-state index >= 15 is 0 Å². The summed E-state index contributed by atoms with van der Waals surface area (Å²) in [4.78, 5) is 0. The fourth-order valence-electron chi connectivity index (χ4n) is 1.08. The fraction of sp³-hybridized carbons (Fsp3) is 0.200. The fourth-order valence-corrected chi connectivity index (χ4v) is 1.38. The zero-order valence-corrected chi connectivity index (χ0v) is 9.20. The molecule has 1 nitrogen and oxygen atoms in total. The summed E-state index contributed by atoms with van der Waals surface area (Å²) < 4.78 is 30.8. The maximum atomic E-state index is 13.2. The zero-order chi connectivity index (χ0) is 10.7. The van der Waals surface area contributed by atoms with E-state index in [2.05, 4.69) is 22.5 Å². The Hall–Kier alpha value is -0.900. The van der Waals surface area contributed by atoms with Crippen molar-refractivity contribution in [3.63, 3.8) is 0 Å². The maximum Gasteiger partial charge on any atom is 0.201 e. The zero-order valence-electron chi connectivity index (χ0n) is 7.61. The third-order valence-electron chi connectivity index (χ3n) is 1.80. The molecular weight excluding hydrogens is 254 g/mol. The molecule has 0 aromatic heterocycles. The van der Waals surface area contributed by atoms with Crippen molar-refractivity contribution >= 4 is 21.5 Å². The average molecular weight is 263 g/mol. The van der Waals surface area contributed by atoms with Crippen molar-refractivity contribution in [2.45, 2.75) is 0 Å². The molecule has 0 fully saturated rings. The minimum absolute atomic E-state index is 0.102. The Morgan fingerprint density at radius 3 is 2.64 bits per heavy atom. The predicted octanol–water partition coefficient (Wildman–Crippen LogP) is 3.38. The van der Waals surface area contributed by atoms with Crippen LogP contribution in [0.15, 0.2) is 18.7 Å². The first kappa shape index (κ1) is 11.2. The van der Waals surface area contributed by atoms with E-state index in [1.165, 1.54) is 13.2 Å². The molecule has 0 heterocycles. The van der Waals surface area contributed by atoms with Crippen molar-refractivity contribution in [1.82, 2.24) is 0 Å². The van der Waals surface area contributed by atoms with Crippen LogP contribution in [0.4, 0.5) is 8.78 Å². The second kappa shape index (κ2) is 4.55. The van der Waals surface area contributed by atoms with Crippen LogP contribution in [-0.2, 0) is 0 Å². The lowest BCUT2D eigenvalue weighted by Crippen LogP contribution is -1.97. The summed E-state index contributed by atoms with van der Waals surface area (Å²) in [7, 11) is 1.29. The minimum Gasteiger partial charge on any atom is -0.493 e. The van der Waals surface area contributed by atoms with Crippen LogP contribution in [0.5, 0.6) is 5.75 Å². The van der Waals surface area contributed by atoms with Gasteiger partial charge in [0.05, 0.1) is 7.11 Å². The molecule has 0 radical (unpaired) electrons. The van der Waals surface area contributed by atoms with Crippen LogP contribution < -0.4 is 4.74 Å². The third kappa shape index (κ3) is 1.95. The molecule has 4 heteroatoms. The number of methoxy groups -OCH3 is 1. The number of alkyl halides is 1. The van der Waals surface area contributed by atoms with E-state index in [0.717, 1.165) is 6.07 Å². The van der Waals surface area contributed by atoms with Crippen molar-refractivity contribution in [1.29, 1.82) is 0 Å². The van der Waals surface area contributed by atoms with Crippen molar-refractivity contribution in [3.05, 3.63) is 35.9 Å². The van der Waals surface area contributed by atoms with Crippen molar-refractivity contribution in [3.8, 4) is 5.75 Å². The summed E-state index contributed by atoms with van der Waals surface area (Å²) in [6, 6.07) is 2.50. The third-order valence-corrected chi connectivity index (χ3v) is 2.47. The molecule has 0 aliphatic carbocycles. The van der Waals surface area contributed by atoms with E-state index in [9.17, 15) is 8.78 Å². The molecule has 0 atom stereocenters. The van der Waals surface area contributed by atoms with Crippen LogP contribution in [0.3, 0.4) is 0 Å². The van der Waals surface area contributed by atoms with Crippen LogP contribution >= 0.6 is 15.9 Å². The number of rotatable bonds is 3. The SMILES string of the molecule is C=C(CBr)c1ccc(F)c(F)c1OC. The highest BCUT2D eigenvalue weighted by molar-refractivity contribution is 9.09. The lowest BCUT2D eigenvalue weighted by molar-refractivity contribution is 0.370. The number of benzene rings is 1. The van der Waals surface area contributed by atoms with Crippen molar-refractivity contribution in [2.75, 3.05) is 12.4 Å². The van der Waals surface area contributed by atoms with Gasteiger partial charge in [0.25, 0.3) is 0 Å². The Bertz CT molecular complexity index is 363. The Morgan fingerprint density at radius 1 is 1.50 bits per heavy atom. The first-order valence-electron chi connectivity index (χ1n) is 3.88. The Morgan fingerprint density at radius 2 is 2.14 bits per heavy atom. The molecule has 14 heavy (non-hydrogen) atoms. The van der Waals surface area contributed by atoms with Gasteiger partial charge in [-0.05, 0) is 17.7 Å².